The van der Waals surface area contributed by atoms with Gasteiger partial charge in [0.1, 0.15) is 0 Å². The highest BCUT2D eigenvalue weighted by molar-refractivity contribution is 5.82. The molecule has 0 bridgehead atoms. The smallest absolute Gasteiger partial charge is 0.237 e. The molecule has 7 N–H and O–H groups in total. The maximum atomic E-state index is 11.9. The van der Waals surface area contributed by atoms with E-state index in [1.807, 2.05) is 14.1 Å². The van der Waals surface area contributed by atoms with Gasteiger partial charge in [-0.15, -0.1) is 0 Å². The minimum atomic E-state index is -0.465. The highest BCUT2D eigenvalue weighted by Gasteiger charge is 2.16. The molecule has 0 radical (unpaired) electrons. The first-order chi connectivity index (χ1) is 11.1. The van der Waals surface area contributed by atoms with Crippen molar-refractivity contribution in [2.75, 3.05) is 47.3 Å². The van der Waals surface area contributed by atoms with Crippen LogP contribution in [0.25, 0.3) is 0 Å². The molecule has 0 saturated carbocycles. The molecule has 0 aromatic rings. The average Bonchev–Trinajstić information content (AvgIpc) is 2.54. The van der Waals surface area contributed by atoms with Crippen LogP contribution in [-0.4, -0.2) is 71.2 Å². The molecule has 136 valence electrons. The number of hydrogen-bond donors (Lipinski definition) is 6. The molecule has 0 aliphatic rings. The summed E-state index contributed by atoms with van der Waals surface area (Å²) in [5, 5.41) is 14.7. The number of likely N-dealkylation sites (N-methyl/N-ethyl adjacent to an activating group) is 2. The van der Waals surface area contributed by atoms with Gasteiger partial charge in [-0.2, -0.15) is 0 Å². The third-order valence-electron chi connectivity index (χ3n) is 3.59. The molecule has 0 fully saturated rings. The van der Waals surface area contributed by atoms with Crippen LogP contribution >= 0.6 is 0 Å². The summed E-state index contributed by atoms with van der Waals surface area (Å²) in [4.78, 5) is 23.7. The molecular formula is C15H34N6O2. The maximum Gasteiger partial charge on any atom is 0.237 e. The van der Waals surface area contributed by atoms with Crippen LogP contribution in [0.15, 0.2) is 0 Å². The molecule has 0 aliphatic heterocycles. The van der Waals surface area contributed by atoms with E-state index in [4.69, 9.17) is 5.73 Å². The van der Waals surface area contributed by atoms with Crippen LogP contribution in [0.3, 0.4) is 0 Å². The van der Waals surface area contributed by atoms with E-state index in [1.54, 1.807) is 7.05 Å². The third kappa shape index (κ3) is 11.0. The number of rotatable bonds is 14. The first kappa shape index (κ1) is 21.8. The van der Waals surface area contributed by atoms with Crippen LogP contribution < -0.4 is 32.3 Å². The molecule has 0 saturated heterocycles. The van der Waals surface area contributed by atoms with E-state index >= 15 is 0 Å². The summed E-state index contributed by atoms with van der Waals surface area (Å²) < 4.78 is 0. The van der Waals surface area contributed by atoms with Crippen molar-refractivity contribution in [2.24, 2.45) is 5.73 Å². The number of carbonyl (C=O) groups excluding carboxylic acids is 2. The second-order valence-electron chi connectivity index (χ2n) is 5.52. The molecule has 0 unspecified atom stereocenters. The fraction of sp³-hybridized carbons (Fsp3) is 0.867. The molecule has 0 aromatic carbocycles. The molecule has 0 heterocycles. The van der Waals surface area contributed by atoms with Gasteiger partial charge < -0.3 is 32.3 Å². The Balaban J connectivity index is 3.85. The van der Waals surface area contributed by atoms with Gasteiger partial charge in [0.2, 0.25) is 11.8 Å². The van der Waals surface area contributed by atoms with Crippen LogP contribution in [0.5, 0.6) is 0 Å². The highest BCUT2D eigenvalue weighted by atomic mass is 16.2. The van der Waals surface area contributed by atoms with Gasteiger partial charge in [0.05, 0.1) is 12.1 Å². The molecule has 0 rings (SSSR count). The van der Waals surface area contributed by atoms with Crippen molar-refractivity contribution in [1.29, 1.82) is 0 Å². The lowest BCUT2D eigenvalue weighted by molar-refractivity contribution is -0.123. The number of carbonyl (C=O) groups is 2. The normalized spacial score (nSPS) is 13.4. The Kier molecular flexibility index (Phi) is 13.6. The van der Waals surface area contributed by atoms with Gasteiger partial charge >= 0.3 is 0 Å². The van der Waals surface area contributed by atoms with Crippen molar-refractivity contribution >= 4 is 11.8 Å². The zero-order valence-electron chi connectivity index (χ0n) is 14.7. The van der Waals surface area contributed by atoms with Crippen LogP contribution in [-0.2, 0) is 9.59 Å². The Bertz CT molecular complexity index is 327. The molecule has 2 atom stereocenters. The highest BCUT2D eigenvalue weighted by Crippen LogP contribution is 1.98. The quantitative estimate of drug-likeness (QED) is 0.208. The Morgan fingerprint density at radius 2 is 1.43 bits per heavy atom. The Morgan fingerprint density at radius 3 is 2.04 bits per heavy atom. The first-order valence-electron chi connectivity index (χ1n) is 8.34. The Hall–Kier alpha value is -1.22. The second-order valence-corrected chi connectivity index (χ2v) is 5.52. The number of amides is 2. The van der Waals surface area contributed by atoms with Crippen molar-refractivity contribution in [3.8, 4) is 0 Å². The fourth-order valence-electron chi connectivity index (χ4n) is 2.12. The molecule has 0 aromatic heterocycles. The third-order valence-corrected chi connectivity index (χ3v) is 3.59. The first-order valence-corrected chi connectivity index (χ1v) is 8.34. The van der Waals surface area contributed by atoms with Crippen molar-refractivity contribution < 1.29 is 9.59 Å². The molecule has 2 amide bonds. The van der Waals surface area contributed by atoms with E-state index < -0.39 is 6.04 Å². The van der Waals surface area contributed by atoms with Gasteiger partial charge in [-0.05, 0) is 53.4 Å². The molecule has 0 spiro atoms. The van der Waals surface area contributed by atoms with Crippen molar-refractivity contribution in [1.82, 2.24) is 26.6 Å². The summed E-state index contributed by atoms with van der Waals surface area (Å²) in [5.41, 5.74) is 5.82. The summed E-state index contributed by atoms with van der Waals surface area (Å²) in [6.07, 6.45) is 2.93. The predicted molar refractivity (Wildman–Crippen MR) is 93.2 cm³/mol. The topological polar surface area (TPSA) is 120 Å². The average molecular weight is 330 g/mol. The van der Waals surface area contributed by atoms with E-state index in [0.717, 1.165) is 25.9 Å². The lowest BCUT2D eigenvalue weighted by Crippen LogP contribution is -2.45. The van der Waals surface area contributed by atoms with Gasteiger partial charge in [0.25, 0.3) is 0 Å². The minimum Gasteiger partial charge on any atom is -0.355 e. The summed E-state index contributed by atoms with van der Waals surface area (Å²) in [6.45, 7) is 2.73. The van der Waals surface area contributed by atoms with E-state index in [-0.39, 0.29) is 17.9 Å². The van der Waals surface area contributed by atoms with Gasteiger partial charge in [-0.3, -0.25) is 9.59 Å². The Labute approximate surface area is 139 Å². The number of nitrogens with two attached hydrogens (primary N) is 1. The zero-order chi connectivity index (χ0) is 17.5. The largest absolute Gasteiger partial charge is 0.355 e. The van der Waals surface area contributed by atoms with E-state index in [9.17, 15) is 9.59 Å². The second kappa shape index (κ2) is 14.4. The summed E-state index contributed by atoms with van der Waals surface area (Å²) >= 11 is 0. The van der Waals surface area contributed by atoms with Gasteiger partial charge in [-0.25, -0.2) is 0 Å². The van der Waals surface area contributed by atoms with Crippen LogP contribution in [0.4, 0.5) is 0 Å². The fourth-order valence-corrected chi connectivity index (χ4v) is 2.12. The van der Waals surface area contributed by atoms with Crippen molar-refractivity contribution in [2.45, 2.75) is 37.8 Å². The van der Waals surface area contributed by atoms with E-state index in [2.05, 4.69) is 26.6 Å². The molecule has 8 nitrogen and oxygen atoms in total. The van der Waals surface area contributed by atoms with E-state index in [0.29, 0.717) is 25.9 Å². The van der Waals surface area contributed by atoms with Crippen LogP contribution in [0.1, 0.15) is 25.7 Å². The number of nitrogens with one attached hydrogen (secondary N) is 5. The summed E-state index contributed by atoms with van der Waals surface area (Å²) in [5.74, 6) is -0.140. The van der Waals surface area contributed by atoms with Gasteiger partial charge in [0.15, 0.2) is 0 Å². The molecule has 0 aliphatic carbocycles. The molecule has 23 heavy (non-hydrogen) atoms. The van der Waals surface area contributed by atoms with E-state index in [1.165, 1.54) is 0 Å². The number of hydrogen-bond acceptors (Lipinski definition) is 6. The molecular weight excluding hydrogens is 296 g/mol. The zero-order valence-corrected chi connectivity index (χ0v) is 14.7. The minimum absolute atomic E-state index is 0.0159. The van der Waals surface area contributed by atoms with Crippen LogP contribution in [0, 0.1) is 0 Å². The predicted octanol–water partition coefficient (Wildman–Crippen LogP) is -1.87. The molecule has 8 heteroatoms. The van der Waals surface area contributed by atoms with Gasteiger partial charge in [-0.1, -0.05) is 0 Å². The summed E-state index contributed by atoms with van der Waals surface area (Å²) in [6, 6.07) is -0.707. The van der Waals surface area contributed by atoms with Crippen LogP contribution in [0.2, 0.25) is 0 Å². The van der Waals surface area contributed by atoms with Crippen molar-refractivity contribution in [3.63, 3.8) is 0 Å². The SMILES string of the molecule is CNCCC[C@H](N)C(=O)NCCC[C@H](NC)C(=O)NCCNC. The monoisotopic (exact) mass is 330 g/mol. The maximum absolute atomic E-state index is 11.9. The standard InChI is InChI=1S/C15H34N6O2/c1-17-8-4-6-12(16)14(22)20-9-5-7-13(19-3)15(23)21-11-10-18-2/h12-13,17-19H,4-11,16H2,1-3H3,(H,20,22)(H,21,23)/t12-,13-/m0/s1. The Morgan fingerprint density at radius 1 is 0.826 bits per heavy atom. The summed E-state index contributed by atoms with van der Waals surface area (Å²) in [7, 11) is 5.48. The lowest BCUT2D eigenvalue weighted by Gasteiger charge is -2.17. The lowest BCUT2D eigenvalue weighted by atomic mass is 10.1. The van der Waals surface area contributed by atoms with Crippen molar-refractivity contribution in [3.05, 3.63) is 0 Å². The van der Waals surface area contributed by atoms with Gasteiger partial charge in [0, 0.05) is 19.6 Å².